The Bertz CT molecular complexity index is 1010. The molecule has 0 bridgehead atoms. The van der Waals surface area contributed by atoms with Gasteiger partial charge in [0.25, 0.3) is 5.91 Å². The van der Waals surface area contributed by atoms with E-state index in [-0.39, 0.29) is 18.4 Å². The minimum Gasteiger partial charge on any atom is -0.489 e. The number of rotatable bonds is 11. The van der Waals surface area contributed by atoms with Gasteiger partial charge in [0.2, 0.25) is 5.91 Å². The number of carbonyl (C=O) groups excluding carboxylic acids is 2. The molecule has 0 aliphatic rings. The fraction of sp³-hybridized carbons (Fsp3) is 0.200. The van der Waals surface area contributed by atoms with E-state index in [0.29, 0.717) is 36.8 Å². The van der Waals surface area contributed by atoms with Gasteiger partial charge in [-0.05, 0) is 42.0 Å². The summed E-state index contributed by atoms with van der Waals surface area (Å²) in [7, 11) is 1.58. The first kappa shape index (κ1) is 22.8. The van der Waals surface area contributed by atoms with Crippen molar-refractivity contribution in [3.05, 3.63) is 90.0 Å². The lowest BCUT2D eigenvalue weighted by Gasteiger charge is -2.11. The summed E-state index contributed by atoms with van der Waals surface area (Å²) in [4.78, 5) is 24.3. The first-order chi connectivity index (χ1) is 15.6. The molecule has 32 heavy (non-hydrogen) atoms. The second kappa shape index (κ2) is 12.1. The molecule has 0 aliphatic heterocycles. The summed E-state index contributed by atoms with van der Waals surface area (Å²) >= 11 is 0. The Morgan fingerprint density at radius 2 is 1.66 bits per heavy atom. The number of ether oxygens (including phenoxy) is 2. The third kappa shape index (κ3) is 7.45. The third-order valence-electron chi connectivity index (χ3n) is 4.56. The number of hydrogen-bond acceptors (Lipinski definition) is 5. The number of benzene rings is 3. The Hall–Kier alpha value is -3.84. The molecular weight excluding hydrogens is 406 g/mol. The van der Waals surface area contributed by atoms with Crippen LogP contribution in [0, 0.1) is 0 Å². The highest BCUT2D eigenvalue weighted by molar-refractivity contribution is 5.95. The second-order valence-electron chi connectivity index (χ2n) is 7.03. The second-order valence-corrected chi connectivity index (χ2v) is 7.03. The van der Waals surface area contributed by atoms with Crippen LogP contribution in [-0.4, -0.2) is 38.6 Å². The quantitative estimate of drug-likeness (QED) is 0.402. The van der Waals surface area contributed by atoms with Crippen molar-refractivity contribution in [3.8, 4) is 5.75 Å². The number of nitrogens with one attached hydrogen (secondary N) is 3. The monoisotopic (exact) mass is 433 g/mol. The summed E-state index contributed by atoms with van der Waals surface area (Å²) in [5.74, 6) is 0.325. The highest BCUT2D eigenvalue weighted by Crippen LogP contribution is 2.19. The minimum atomic E-state index is -0.188. The van der Waals surface area contributed by atoms with Crippen LogP contribution in [0.25, 0.3) is 0 Å². The lowest BCUT2D eigenvalue weighted by atomic mass is 10.2. The van der Waals surface area contributed by atoms with Crippen molar-refractivity contribution in [1.82, 2.24) is 5.32 Å². The van der Waals surface area contributed by atoms with Crippen LogP contribution in [0.15, 0.2) is 78.9 Å². The molecule has 0 aromatic heterocycles. The summed E-state index contributed by atoms with van der Waals surface area (Å²) < 4.78 is 10.7. The van der Waals surface area contributed by atoms with Crippen LogP contribution in [0.1, 0.15) is 15.9 Å². The van der Waals surface area contributed by atoms with Gasteiger partial charge in [-0.25, -0.2) is 0 Å². The molecule has 0 saturated carbocycles. The Morgan fingerprint density at radius 3 is 2.41 bits per heavy atom. The zero-order chi connectivity index (χ0) is 22.6. The van der Waals surface area contributed by atoms with E-state index in [9.17, 15) is 9.59 Å². The number of amides is 2. The van der Waals surface area contributed by atoms with E-state index < -0.39 is 0 Å². The fourth-order valence-corrected chi connectivity index (χ4v) is 2.90. The molecule has 166 valence electrons. The summed E-state index contributed by atoms with van der Waals surface area (Å²) in [6, 6.07) is 24.1. The predicted octanol–water partition coefficient (Wildman–Crippen LogP) is 3.69. The Kier molecular flexibility index (Phi) is 8.65. The smallest absolute Gasteiger partial charge is 0.251 e. The van der Waals surface area contributed by atoms with E-state index in [4.69, 9.17) is 9.47 Å². The van der Waals surface area contributed by atoms with Crippen molar-refractivity contribution in [2.24, 2.45) is 0 Å². The normalized spacial score (nSPS) is 10.3. The van der Waals surface area contributed by atoms with Gasteiger partial charge in [0.1, 0.15) is 12.4 Å². The van der Waals surface area contributed by atoms with Gasteiger partial charge in [0.05, 0.1) is 13.2 Å². The maximum absolute atomic E-state index is 12.3. The molecular formula is C25H27N3O4. The summed E-state index contributed by atoms with van der Waals surface area (Å²) in [5.41, 5.74) is 3.02. The molecule has 3 rings (SSSR count). The van der Waals surface area contributed by atoms with Gasteiger partial charge >= 0.3 is 0 Å². The average Bonchev–Trinajstić information content (AvgIpc) is 2.83. The van der Waals surface area contributed by atoms with E-state index in [1.807, 2.05) is 48.5 Å². The molecule has 0 radical (unpaired) electrons. The third-order valence-corrected chi connectivity index (χ3v) is 4.56. The molecule has 0 heterocycles. The molecule has 2 amide bonds. The molecule has 7 heteroatoms. The molecule has 0 atom stereocenters. The molecule has 0 saturated heterocycles. The largest absolute Gasteiger partial charge is 0.489 e. The van der Waals surface area contributed by atoms with Gasteiger partial charge in [-0.15, -0.1) is 0 Å². The molecule has 0 unspecified atom stereocenters. The summed E-state index contributed by atoms with van der Waals surface area (Å²) in [6.45, 7) is 1.46. The van der Waals surface area contributed by atoms with Crippen molar-refractivity contribution in [2.45, 2.75) is 6.61 Å². The topological polar surface area (TPSA) is 88.7 Å². The van der Waals surface area contributed by atoms with Gasteiger partial charge < -0.3 is 25.4 Å². The van der Waals surface area contributed by atoms with E-state index in [1.54, 1.807) is 37.4 Å². The SMILES string of the molecule is COCCNC(=O)c1ccc(NCC(=O)Nc2cccc(OCc3ccccc3)c2)cc1. The minimum absolute atomic E-state index is 0.0917. The van der Waals surface area contributed by atoms with Crippen molar-refractivity contribution >= 4 is 23.2 Å². The Balaban J connectivity index is 1.45. The maximum atomic E-state index is 12.3. The Labute approximate surface area is 187 Å². The molecule has 3 N–H and O–H groups in total. The number of carbonyl (C=O) groups is 2. The molecule has 0 spiro atoms. The molecule has 0 aliphatic carbocycles. The maximum Gasteiger partial charge on any atom is 0.251 e. The standard InChI is InChI=1S/C25H27N3O4/c1-31-15-14-26-25(30)20-10-12-21(13-11-20)27-17-24(29)28-22-8-5-9-23(16-22)32-18-19-6-3-2-4-7-19/h2-13,16,27H,14-15,17-18H2,1H3,(H,26,30)(H,28,29). The van der Waals surface area contributed by atoms with Crippen molar-refractivity contribution in [3.63, 3.8) is 0 Å². The van der Waals surface area contributed by atoms with Gasteiger partial charge in [-0.2, -0.15) is 0 Å². The van der Waals surface area contributed by atoms with Crippen molar-refractivity contribution in [2.75, 3.05) is 37.4 Å². The van der Waals surface area contributed by atoms with E-state index >= 15 is 0 Å². The van der Waals surface area contributed by atoms with Crippen LogP contribution in [-0.2, 0) is 16.1 Å². The average molecular weight is 434 g/mol. The fourth-order valence-electron chi connectivity index (χ4n) is 2.90. The lowest BCUT2D eigenvalue weighted by Crippen LogP contribution is -2.26. The highest BCUT2D eigenvalue weighted by Gasteiger charge is 2.07. The van der Waals surface area contributed by atoms with Crippen molar-refractivity contribution in [1.29, 1.82) is 0 Å². The zero-order valence-electron chi connectivity index (χ0n) is 18.0. The first-order valence-corrected chi connectivity index (χ1v) is 10.3. The van der Waals surface area contributed by atoms with Crippen LogP contribution in [0.4, 0.5) is 11.4 Å². The molecule has 7 nitrogen and oxygen atoms in total. The Morgan fingerprint density at radius 1 is 0.875 bits per heavy atom. The van der Waals surface area contributed by atoms with Crippen LogP contribution in [0.2, 0.25) is 0 Å². The van der Waals surface area contributed by atoms with Crippen molar-refractivity contribution < 1.29 is 19.1 Å². The van der Waals surface area contributed by atoms with Gasteiger partial charge in [0.15, 0.2) is 0 Å². The van der Waals surface area contributed by atoms with E-state index in [1.165, 1.54) is 0 Å². The molecule has 3 aromatic carbocycles. The first-order valence-electron chi connectivity index (χ1n) is 10.3. The zero-order valence-corrected chi connectivity index (χ0v) is 18.0. The van der Waals surface area contributed by atoms with E-state index in [2.05, 4.69) is 16.0 Å². The molecule has 0 fully saturated rings. The van der Waals surface area contributed by atoms with Crippen LogP contribution in [0.5, 0.6) is 5.75 Å². The summed E-state index contributed by atoms with van der Waals surface area (Å²) in [5, 5.41) is 8.66. The number of methoxy groups -OCH3 is 1. The van der Waals surface area contributed by atoms with E-state index in [0.717, 1.165) is 11.3 Å². The molecule has 3 aromatic rings. The summed E-state index contributed by atoms with van der Waals surface area (Å²) in [6.07, 6.45) is 0. The van der Waals surface area contributed by atoms with Crippen LogP contribution in [0.3, 0.4) is 0 Å². The van der Waals surface area contributed by atoms with Crippen LogP contribution < -0.4 is 20.7 Å². The number of hydrogen-bond donors (Lipinski definition) is 3. The van der Waals surface area contributed by atoms with Crippen LogP contribution >= 0.6 is 0 Å². The number of anilines is 2. The highest BCUT2D eigenvalue weighted by atomic mass is 16.5. The van der Waals surface area contributed by atoms with Gasteiger partial charge in [-0.1, -0.05) is 36.4 Å². The predicted molar refractivity (Wildman–Crippen MR) is 125 cm³/mol. The van der Waals surface area contributed by atoms with Gasteiger partial charge in [0, 0.05) is 36.7 Å². The van der Waals surface area contributed by atoms with Gasteiger partial charge in [-0.3, -0.25) is 9.59 Å². The lowest BCUT2D eigenvalue weighted by molar-refractivity contribution is -0.114.